The third-order valence-corrected chi connectivity index (χ3v) is 2.82. The van der Waals surface area contributed by atoms with Gasteiger partial charge in [0.15, 0.2) is 5.96 Å². The lowest BCUT2D eigenvalue weighted by molar-refractivity contribution is -0.119. The summed E-state index contributed by atoms with van der Waals surface area (Å²) in [5.74, 6) is 0.829. The Kier molecular flexibility index (Phi) is 4.58. The minimum Gasteiger partial charge on any atom is -0.370 e. The maximum Gasteiger partial charge on any atom is 0.217 e. The molecule has 1 fully saturated rings. The molecular weight excluding hydrogens is 204 g/mol. The van der Waals surface area contributed by atoms with Gasteiger partial charge in [0.1, 0.15) is 0 Å². The van der Waals surface area contributed by atoms with Gasteiger partial charge in [-0.15, -0.1) is 0 Å². The van der Waals surface area contributed by atoms with E-state index < -0.39 is 0 Å². The molecule has 0 aromatic carbocycles. The summed E-state index contributed by atoms with van der Waals surface area (Å²) in [4.78, 5) is 17.2. The minimum absolute atomic E-state index is 0.206. The molecule has 0 aromatic heterocycles. The summed E-state index contributed by atoms with van der Waals surface area (Å²) < 4.78 is 0. The first-order valence-electron chi connectivity index (χ1n) is 5.85. The van der Waals surface area contributed by atoms with Gasteiger partial charge in [-0.2, -0.15) is 0 Å². The number of hydrogen-bond donors (Lipinski definition) is 2. The van der Waals surface area contributed by atoms with Gasteiger partial charge in [-0.1, -0.05) is 0 Å². The smallest absolute Gasteiger partial charge is 0.217 e. The van der Waals surface area contributed by atoms with E-state index in [0.29, 0.717) is 18.3 Å². The molecule has 92 valence electrons. The minimum atomic E-state index is -0.206. The fourth-order valence-corrected chi connectivity index (χ4v) is 2.00. The Balaban J connectivity index is 2.40. The van der Waals surface area contributed by atoms with E-state index in [-0.39, 0.29) is 11.9 Å². The summed E-state index contributed by atoms with van der Waals surface area (Å²) in [6.45, 7) is 5.76. The molecule has 1 amide bonds. The van der Waals surface area contributed by atoms with E-state index in [2.05, 4.69) is 9.89 Å². The topological polar surface area (TPSA) is 84.7 Å². The molecule has 0 spiro atoms. The first-order chi connectivity index (χ1) is 7.49. The molecule has 1 aliphatic rings. The quantitative estimate of drug-likeness (QED) is 0.536. The number of guanidine groups is 1. The van der Waals surface area contributed by atoms with E-state index in [9.17, 15) is 4.79 Å². The molecular formula is C11H22N4O. The summed E-state index contributed by atoms with van der Waals surface area (Å²) in [5, 5.41) is 0. The molecule has 1 aliphatic heterocycles. The molecule has 0 bridgehead atoms. The summed E-state index contributed by atoms with van der Waals surface area (Å²) >= 11 is 0. The molecule has 1 rings (SSSR count). The zero-order valence-electron chi connectivity index (χ0n) is 10.1. The van der Waals surface area contributed by atoms with Gasteiger partial charge in [-0.05, 0) is 32.6 Å². The third-order valence-electron chi connectivity index (χ3n) is 2.82. The molecule has 5 nitrogen and oxygen atoms in total. The maximum absolute atomic E-state index is 10.8. The summed E-state index contributed by atoms with van der Waals surface area (Å²) in [5.41, 5.74) is 11.1. The van der Waals surface area contributed by atoms with Crippen LogP contribution in [-0.2, 0) is 4.79 Å². The highest BCUT2D eigenvalue weighted by Gasteiger charge is 2.21. The van der Waals surface area contributed by atoms with Crippen LogP contribution < -0.4 is 11.5 Å². The van der Waals surface area contributed by atoms with Crippen LogP contribution in [0.2, 0.25) is 0 Å². The number of nitrogens with two attached hydrogens (primary N) is 2. The van der Waals surface area contributed by atoms with Crippen LogP contribution in [0.25, 0.3) is 0 Å². The average molecular weight is 226 g/mol. The predicted octanol–water partition coefficient (Wildman–Crippen LogP) is 0.297. The standard InChI is InChI=1S/C11H22N4O/c1-8(2)14-11(13)15-5-3-9(4-6-15)7-10(12)16/h8-9H,3-7H2,1-2H3,(H2,12,16)(H2,13,14). The van der Waals surface area contributed by atoms with Crippen LogP contribution in [0.5, 0.6) is 0 Å². The molecule has 0 aliphatic carbocycles. The van der Waals surface area contributed by atoms with Crippen molar-refractivity contribution >= 4 is 11.9 Å². The van der Waals surface area contributed by atoms with Crippen LogP contribution in [0.15, 0.2) is 4.99 Å². The van der Waals surface area contributed by atoms with E-state index in [1.165, 1.54) is 0 Å². The van der Waals surface area contributed by atoms with Gasteiger partial charge in [-0.25, -0.2) is 0 Å². The second kappa shape index (κ2) is 5.72. The number of piperidine rings is 1. The molecule has 1 saturated heterocycles. The van der Waals surface area contributed by atoms with Crippen LogP contribution in [0.1, 0.15) is 33.1 Å². The number of amides is 1. The molecule has 16 heavy (non-hydrogen) atoms. The second-order valence-corrected chi connectivity index (χ2v) is 4.68. The number of carbonyl (C=O) groups excluding carboxylic acids is 1. The van der Waals surface area contributed by atoms with Gasteiger partial charge in [-0.3, -0.25) is 9.79 Å². The number of aliphatic imine (C=N–C) groups is 1. The highest BCUT2D eigenvalue weighted by molar-refractivity contribution is 5.78. The number of hydrogen-bond acceptors (Lipinski definition) is 2. The van der Waals surface area contributed by atoms with Crippen molar-refractivity contribution in [1.29, 1.82) is 0 Å². The second-order valence-electron chi connectivity index (χ2n) is 4.68. The third kappa shape index (κ3) is 4.08. The van der Waals surface area contributed by atoms with E-state index in [4.69, 9.17) is 11.5 Å². The zero-order valence-corrected chi connectivity index (χ0v) is 10.1. The lowest BCUT2D eigenvalue weighted by Gasteiger charge is -2.32. The van der Waals surface area contributed by atoms with Crippen LogP contribution in [0, 0.1) is 5.92 Å². The Hall–Kier alpha value is -1.26. The van der Waals surface area contributed by atoms with E-state index in [1.807, 2.05) is 13.8 Å². The molecule has 1 heterocycles. The Morgan fingerprint density at radius 3 is 2.38 bits per heavy atom. The molecule has 0 saturated carbocycles. The lowest BCUT2D eigenvalue weighted by atomic mass is 9.93. The van der Waals surface area contributed by atoms with Crippen molar-refractivity contribution in [3.8, 4) is 0 Å². The fraction of sp³-hybridized carbons (Fsp3) is 0.818. The van der Waals surface area contributed by atoms with Crippen molar-refractivity contribution < 1.29 is 4.79 Å². The van der Waals surface area contributed by atoms with Gasteiger partial charge >= 0.3 is 0 Å². The fourth-order valence-electron chi connectivity index (χ4n) is 2.00. The number of primary amides is 1. The molecule has 5 heteroatoms. The van der Waals surface area contributed by atoms with Crippen molar-refractivity contribution in [2.24, 2.45) is 22.4 Å². The average Bonchev–Trinajstić information content (AvgIpc) is 2.16. The summed E-state index contributed by atoms with van der Waals surface area (Å²) in [7, 11) is 0. The van der Waals surface area contributed by atoms with E-state index >= 15 is 0 Å². The van der Waals surface area contributed by atoms with Crippen molar-refractivity contribution in [1.82, 2.24) is 4.90 Å². The van der Waals surface area contributed by atoms with Crippen LogP contribution in [0.3, 0.4) is 0 Å². The first kappa shape index (κ1) is 12.8. The molecule has 0 unspecified atom stereocenters. The van der Waals surface area contributed by atoms with Gasteiger partial charge in [0.25, 0.3) is 0 Å². The largest absolute Gasteiger partial charge is 0.370 e. The number of carbonyl (C=O) groups is 1. The van der Waals surface area contributed by atoms with Gasteiger partial charge in [0.05, 0.1) is 0 Å². The summed E-state index contributed by atoms with van der Waals surface area (Å²) in [6, 6.07) is 0.225. The highest BCUT2D eigenvalue weighted by atomic mass is 16.1. The Labute approximate surface area is 96.9 Å². The maximum atomic E-state index is 10.8. The molecule has 0 atom stereocenters. The zero-order chi connectivity index (χ0) is 12.1. The monoisotopic (exact) mass is 226 g/mol. The number of rotatable bonds is 3. The van der Waals surface area contributed by atoms with Crippen molar-refractivity contribution in [2.45, 2.75) is 39.2 Å². The van der Waals surface area contributed by atoms with Crippen LogP contribution in [0.4, 0.5) is 0 Å². The van der Waals surface area contributed by atoms with Crippen molar-refractivity contribution in [2.75, 3.05) is 13.1 Å². The Morgan fingerprint density at radius 1 is 1.38 bits per heavy atom. The molecule has 0 aromatic rings. The van der Waals surface area contributed by atoms with E-state index in [0.717, 1.165) is 25.9 Å². The lowest BCUT2D eigenvalue weighted by Crippen LogP contribution is -2.43. The Morgan fingerprint density at radius 2 is 1.94 bits per heavy atom. The summed E-state index contributed by atoms with van der Waals surface area (Å²) in [6.07, 6.45) is 2.43. The number of likely N-dealkylation sites (tertiary alicyclic amines) is 1. The SMILES string of the molecule is CC(C)N=C(N)N1CCC(CC(N)=O)CC1. The molecule has 0 radical (unpaired) electrons. The van der Waals surface area contributed by atoms with Crippen molar-refractivity contribution in [3.63, 3.8) is 0 Å². The van der Waals surface area contributed by atoms with Crippen molar-refractivity contribution in [3.05, 3.63) is 0 Å². The van der Waals surface area contributed by atoms with Gasteiger partial charge < -0.3 is 16.4 Å². The van der Waals surface area contributed by atoms with E-state index in [1.54, 1.807) is 0 Å². The normalized spacial score (nSPS) is 19.2. The predicted molar refractivity (Wildman–Crippen MR) is 64.9 cm³/mol. The molecule has 4 N–H and O–H groups in total. The van der Waals surface area contributed by atoms with Gasteiger partial charge in [0, 0.05) is 25.6 Å². The van der Waals surface area contributed by atoms with Crippen LogP contribution in [-0.4, -0.2) is 35.9 Å². The van der Waals surface area contributed by atoms with Gasteiger partial charge in [0.2, 0.25) is 5.91 Å². The first-order valence-corrected chi connectivity index (χ1v) is 5.85. The van der Waals surface area contributed by atoms with Crippen LogP contribution >= 0.6 is 0 Å². The highest BCUT2D eigenvalue weighted by Crippen LogP contribution is 2.19. The Bertz CT molecular complexity index is 267. The number of nitrogens with zero attached hydrogens (tertiary/aromatic N) is 2.